The number of carbonyl (C=O) groups excluding carboxylic acids is 2. The van der Waals surface area contributed by atoms with Gasteiger partial charge in [0, 0.05) is 5.39 Å². The van der Waals surface area contributed by atoms with Crippen molar-refractivity contribution in [2.24, 2.45) is 0 Å². The summed E-state index contributed by atoms with van der Waals surface area (Å²) in [6.45, 7) is 5.32. The Morgan fingerprint density at radius 3 is 1.15 bits per heavy atom. The molecule has 0 saturated heterocycles. The van der Waals surface area contributed by atoms with Crippen molar-refractivity contribution >= 4 is 22.7 Å². The number of benzene rings is 2. The lowest BCUT2D eigenvalue weighted by Crippen LogP contribution is -2.11. The quantitative estimate of drug-likeness (QED) is 0.0960. The Morgan fingerprint density at radius 2 is 0.800 bits per heavy atom. The maximum atomic E-state index is 13.0. The van der Waals surface area contributed by atoms with Gasteiger partial charge in [0.05, 0.1) is 24.3 Å². The molecular weight excluding hydrogens is 496 g/mol. The third-order valence-electron chi connectivity index (χ3n) is 7.81. The fraction of sp³-hybridized carbons (Fsp3) is 0.667. The van der Waals surface area contributed by atoms with Crippen LogP contribution < -0.4 is 0 Å². The van der Waals surface area contributed by atoms with Gasteiger partial charge in [-0.15, -0.1) is 0 Å². The minimum absolute atomic E-state index is 0.364. The first-order valence-electron chi connectivity index (χ1n) is 16.5. The average Bonchev–Trinajstić information content (AvgIpc) is 2.97. The summed E-state index contributed by atoms with van der Waals surface area (Å²) in [4.78, 5) is 25.9. The monoisotopic (exact) mass is 552 g/mol. The van der Waals surface area contributed by atoms with E-state index >= 15 is 0 Å². The molecule has 0 N–H and O–H groups in total. The summed E-state index contributed by atoms with van der Waals surface area (Å²) in [6.07, 6.45) is 24.8. The molecule has 0 aromatic heterocycles. The van der Waals surface area contributed by atoms with Crippen molar-refractivity contribution in [3.63, 3.8) is 0 Å². The van der Waals surface area contributed by atoms with E-state index in [1.807, 2.05) is 24.3 Å². The SMILES string of the molecule is CCCCCCCCCCCCCCOC(=O)c1cccc2cccc(C(=O)OCCCCCCCCCC)c12. The lowest BCUT2D eigenvalue weighted by molar-refractivity contribution is 0.0498. The smallest absolute Gasteiger partial charge is 0.338 e. The Bertz CT molecular complexity index is 946. The first-order chi connectivity index (χ1) is 19.7. The number of carbonyl (C=O) groups is 2. The van der Waals surface area contributed by atoms with Crippen LogP contribution in [0.3, 0.4) is 0 Å². The first kappa shape index (κ1) is 33.8. The second kappa shape index (κ2) is 22.3. The van der Waals surface area contributed by atoms with Crippen LogP contribution in [0.1, 0.15) is 163 Å². The number of unbranched alkanes of at least 4 members (excludes halogenated alkanes) is 18. The van der Waals surface area contributed by atoms with E-state index in [1.165, 1.54) is 103 Å². The van der Waals surface area contributed by atoms with E-state index in [-0.39, 0.29) is 11.9 Å². The number of hydrogen-bond donors (Lipinski definition) is 0. The fourth-order valence-electron chi connectivity index (χ4n) is 5.35. The molecule has 224 valence electrons. The van der Waals surface area contributed by atoms with Gasteiger partial charge in [0.1, 0.15) is 0 Å². The Kier molecular flexibility index (Phi) is 18.9. The molecule has 0 aliphatic heterocycles. The first-order valence-corrected chi connectivity index (χ1v) is 16.5. The van der Waals surface area contributed by atoms with Gasteiger partial charge in [-0.2, -0.15) is 0 Å². The second-order valence-electron chi connectivity index (χ2n) is 11.3. The molecule has 0 heterocycles. The summed E-state index contributed by atoms with van der Waals surface area (Å²) < 4.78 is 11.2. The maximum Gasteiger partial charge on any atom is 0.338 e. The number of esters is 2. The molecule has 0 amide bonds. The lowest BCUT2D eigenvalue weighted by atomic mass is 9.99. The average molecular weight is 553 g/mol. The van der Waals surface area contributed by atoms with E-state index < -0.39 is 0 Å². The molecule has 0 radical (unpaired) electrons. The fourth-order valence-corrected chi connectivity index (χ4v) is 5.35. The van der Waals surface area contributed by atoms with E-state index in [2.05, 4.69) is 13.8 Å². The molecule has 2 rings (SSSR count). The van der Waals surface area contributed by atoms with Gasteiger partial charge in [-0.25, -0.2) is 9.59 Å². The van der Waals surface area contributed by atoms with Crippen LogP contribution in [0.15, 0.2) is 36.4 Å². The van der Waals surface area contributed by atoms with Gasteiger partial charge >= 0.3 is 11.9 Å². The van der Waals surface area contributed by atoms with Gasteiger partial charge in [-0.3, -0.25) is 0 Å². The number of ether oxygens (including phenoxy) is 2. The summed E-state index contributed by atoms with van der Waals surface area (Å²) in [7, 11) is 0. The van der Waals surface area contributed by atoms with Crippen molar-refractivity contribution in [3.8, 4) is 0 Å². The van der Waals surface area contributed by atoms with E-state index in [0.717, 1.165) is 31.1 Å². The van der Waals surface area contributed by atoms with Crippen LogP contribution >= 0.6 is 0 Å². The van der Waals surface area contributed by atoms with Crippen LogP contribution in [0, 0.1) is 0 Å². The van der Waals surface area contributed by atoms with E-state index in [0.29, 0.717) is 29.7 Å². The highest BCUT2D eigenvalue weighted by Crippen LogP contribution is 2.25. The Labute approximate surface area is 244 Å². The molecule has 4 heteroatoms. The van der Waals surface area contributed by atoms with Crippen molar-refractivity contribution in [2.45, 2.75) is 142 Å². The Hall–Kier alpha value is -2.36. The molecule has 0 atom stereocenters. The van der Waals surface area contributed by atoms with E-state index in [1.54, 1.807) is 12.1 Å². The third kappa shape index (κ3) is 13.8. The van der Waals surface area contributed by atoms with Crippen molar-refractivity contribution in [3.05, 3.63) is 47.5 Å². The normalized spacial score (nSPS) is 11.2. The molecular formula is C36H56O4. The molecule has 0 aliphatic rings. The summed E-state index contributed by atoms with van der Waals surface area (Å²) in [5.41, 5.74) is 0.881. The lowest BCUT2D eigenvalue weighted by Gasteiger charge is -2.12. The van der Waals surface area contributed by atoms with Crippen molar-refractivity contribution < 1.29 is 19.1 Å². The van der Waals surface area contributed by atoms with Crippen LogP contribution in [0.4, 0.5) is 0 Å². The predicted octanol–water partition coefficient (Wildman–Crippen LogP) is 11.0. The van der Waals surface area contributed by atoms with Gasteiger partial charge in [0.25, 0.3) is 0 Å². The van der Waals surface area contributed by atoms with Gasteiger partial charge in [0.2, 0.25) is 0 Å². The zero-order valence-electron chi connectivity index (χ0n) is 25.7. The highest BCUT2D eigenvalue weighted by Gasteiger charge is 2.19. The molecule has 0 fully saturated rings. The van der Waals surface area contributed by atoms with Crippen LogP contribution in [-0.4, -0.2) is 25.2 Å². The second-order valence-corrected chi connectivity index (χ2v) is 11.3. The predicted molar refractivity (Wildman–Crippen MR) is 168 cm³/mol. The van der Waals surface area contributed by atoms with Crippen LogP contribution in [0.5, 0.6) is 0 Å². The largest absolute Gasteiger partial charge is 0.462 e. The minimum Gasteiger partial charge on any atom is -0.462 e. The number of hydrogen-bond acceptors (Lipinski definition) is 4. The summed E-state index contributed by atoms with van der Waals surface area (Å²) >= 11 is 0. The van der Waals surface area contributed by atoms with Crippen LogP contribution in [-0.2, 0) is 9.47 Å². The van der Waals surface area contributed by atoms with E-state index in [4.69, 9.17) is 9.47 Å². The van der Waals surface area contributed by atoms with E-state index in [9.17, 15) is 9.59 Å². The molecule has 0 unspecified atom stereocenters. The number of rotatable bonds is 24. The standard InChI is InChI=1S/C36H56O4/c1-3-5-7-9-11-13-14-15-16-18-20-22-30-40-36(38)33-28-24-26-31-25-23-27-32(34(31)33)35(37)39-29-21-19-17-12-10-8-6-4-2/h23-28H,3-22,29-30H2,1-2H3. The molecule has 0 saturated carbocycles. The van der Waals surface area contributed by atoms with Crippen molar-refractivity contribution in [1.29, 1.82) is 0 Å². The van der Waals surface area contributed by atoms with Gasteiger partial charge in [0.15, 0.2) is 0 Å². The molecule has 4 nitrogen and oxygen atoms in total. The van der Waals surface area contributed by atoms with Crippen molar-refractivity contribution in [1.82, 2.24) is 0 Å². The Balaban J connectivity index is 1.71. The molecule has 0 spiro atoms. The summed E-state index contributed by atoms with van der Waals surface area (Å²) in [6, 6.07) is 11.0. The number of fused-ring (bicyclic) bond motifs is 1. The summed E-state index contributed by atoms with van der Waals surface area (Å²) in [5.74, 6) is -0.730. The molecule has 0 bridgehead atoms. The van der Waals surface area contributed by atoms with Crippen LogP contribution in [0.25, 0.3) is 10.8 Å². The third-order valence-corrected chi connectivity index (χ3v) is 7.81. The minimum atomic E-state index is -0.366. The summed E-state index contributed by atoms with van der Waals surface area (Å²) in [5, 5.41) is 1.48. The molecule has 40 heavy (non-hydrogen) atoms. The van der Waals surface area contributed by atoms with Gasteiger partial charge in [-0.05, 0) is 30.4 Å². The molecule has 2 aromatic carbocycles. The maximum absolute atomic E-state index is 13.0. The molecule has 0 aliphatic carbocycles. The highest BCUT2D eigenvalue weighted by atomic mass is 16.5. The zero-order chi connectivity index (χ0) is 28.7. The topological polar surface area (TPSA) is 52.6 Å². The van der Waals surface area contributed by atoms with Gasteiger partial charge < -0.3 is 9.47 Å². The zero-order valence-corrected chi connectivity index (χ0v) is 25.7. The van der Waals surface area contributed by atoms with Gasteiger partial charge in [-0.1, -0.05) is 154 Å². The Morgan fingerprint density at radius 1 is 0.475 bits per heavy atom. The van der Waals surface area contributed by atoms with Crippen molar-refractivity contribution in [2.75, 3.05) is 13.2 Å². The highest BCUT2D eigenvalue weighted by molar-refractivity contribution is 6.13. The van der Waals surface area contributed by atoms with Crippen LogP contribution in [0.2, 0.25) is 0 Å². The molecule has 2 aromatic rings.